The van der Waals surface area contributed by atoms with Gasteiger partial charge in [0.1, 0.15) is 5.75 Å². The van der Waals surface area contributed by atoms with E-state index in [-0.39, 0.29) is 17.4 Å². The third-order valence-corrected chi connectivity index (χ3v) is 5.66. The molecule has 0 spiro atoms. The monoisotopic (exact) mass is 371 g/mol. The summed E-state index contributed by atoms with van der Waals surface area (Å²) in [6.45, 7) is 4.47. The van der Waals surface area contributed by atoms with Crippen LogP contribution in [0.15, 0.2) is 29.2 Å². The van der Waals surface area contributed by atoms with Gasteiger partial charge in [-0.1, -0.05) is 0 Å². The lowest BCUT2D eigenvalue weighted by Gasteiger charge is -2.26. The van der Waals surface area contributed by atoms with Crippen LogP contribution >= 0.6 is 0 Å². The minimum absolute atomic E-state index is 0.108. The van der Waals surface area contributed by atoms with Crippen LogP contribution in [-0.2, 0) is 19.6 Å². The Balaban J connectivity index is 1.72. The van der Waals surface area contributed by atoms with E-state index in [0.717, 1.165) is 37.2 Å². The van der Waals surface area contributed by atoms with Gasteiger partial charge in [0.25, 0.3) is 5.91 Å². The molecule has 0 aliphatic carbocycles. The van der Waals surface area contributed by atoms with Crippen molar-refractivity contribution in [2.24, 2.45) is 0 Å². The molecule has 9 heteroatoms. The zero-order valence-electron chi connectivity index (χ0n) is 14.6. The van der Waals surface area contributed by atoms with Gasteiger partial charge in [0.15, 0.2) is 6.61 Å². The molecule has 1 N–H and O–H groups in total. The van der Waals surface area contributed by atoms with E-state index in [2.05, 4.69) is 10.2 Å². The van der Waals surface area contributed by atoms with Gasteiger partial charge in [-0.3, -0.25) is 9.69 Å². The lowest BCUT2D eigenvalue weighted by Crippen LogP contribution is -2.42. The minimum atomic E-state index is -3.46. The molecule has 0 bridgehead atoms. The summed E-state index contributed by atoms with van der Waals surface area (Å²) in [4.78, 5) is 14.2. The first-order valence-corrected chi connectivity index (χ1v) is 9.56. The first-order valence-electron chi connectivity index (χ1n) is 8.12. The average molecular weight is 371 g/mol. The zero-order chi connectivity index (χ0) is 18.3. The molecule has 1 aromatic rings. The standard InChI is InChI=1S/C16H25N3O5S/c1-18(2)25(21,22)15-5-3-14(4-6-15)24-13-16(20)17-7-8-19-9-11-23-12-10-19/h3-6H,7-13H2,1-2H3,(H,17,20). The maximum atomic E-state index is 12.0. The third-order valence-electron chi connectivity index (χ3n) is 3.83. The molecule has 0 atom stereocenters. The number of morpholine rings is 1. The molecule has 1 aromatic carbocycles. The van der Waals surface area contributed by atoms with Crippen LogP contribution < -0.4 is 10.1 Å². The van der Waals surface area contributed by atoms with Gasteiger partial charge in [0, 0.05) is 40.3 Å². The van der Waals surface area contributed by atoms with Crippen molar-refractivity contribution in [3.63, 3.8) is 0 Å². The van der Waals surface area contributed by atoms with Gasteiger partial charge in [-0.15, -0.1) is 0 Å². The lowest BCUT2D eigenvalue weighted by atomic mass is 10.3. The molecule has 25 heavy (non-hydrogen) atoms. The number of nitrogens with zero attached hydrogens (tertiary/aromatic N) is 2. The number of ether oxygens (including phenoxy) is 2. The molecule has 0 unspecified atom stereocenters. The van der Waals surface area contributed by atoms with Crippen LogP contribution in [0.4, 0.5) is 0 Å². The fraction of sp³-hybridized carbons (Fsp3) is 0.562. The molecule has 0 radical (unpaired) electrons. The highest BCUT2D eigenvalue weighted by molar-refractivity contribution is 7.89. The Morgan fingerprint density at radius 1 is 1.24 bits per heavy atom. The fourth-order valence-electron chi connectivity index (χ4n) is 2.30. The van der Waals surface area contributed by atoms with Crippen molar-refractivity contribution in [1.29, 1.82) is 0 Å². The summed E-state index contributed by atoms with van der Waals surface area (Å²) in [6, 6.07) is 6.00. The molecule has 0 saturated carbocycles. The fourth-order valence-corrected chi connectivity index (χ4v) is 3.20. The van der Waals surface area contributed by atoms with Crippen LogP contribution in [0.25, 0.3) is 0 Å². The summed E-state index contributed by atoms with van der Waals surface area (Å²) in [6.07, 6.45) is 0. The number of benzene rings is 1. The van der Waals surface area contributed by atoms with Crippen LogP contribution in [0.1, 0.15) is 0 Å². The SMILES string of the molecule is CN(C)S(=O)(=O)c1ccc(OCC(=O)NCCN2CCOCC2)cc1. The van der Waals surface area contributed by atoms with Gasteiger partial charge >= 0.3 is 0 Å². The summed E-state index contributed by atoms with van der Waals surface area (Å²) in [5.74, 6) is 0.235. The number of sulfonamides is 1. The number of rotatable bonds is 8. The van der Waals surface area contributed by atoms with Crippen LogP contribution in [0, 0.1) is 0 Å². The molecular weight excluding hydrogens is 346 g/mol. The van der Waals surface area contributed by atoms with Gasteiger partial charge in [0.2, 0.25) is 10.0 Å². The lowest BCUT2D eigenvalue weighted by molar-refractivity contribution is -0.123. The predicted molar refractivity (Wildman–Crippen MR) is 93.1 cm³/mol. The Morgan fingerprint density at radius 2 is 1.88 bits per heavy atom. The molecule has 140 valence electrons. The molecule has 2 rings (SSSR count). The minimum Gasteiger partial charge on any atom is -0.484 e. The number of hydrogen-bond donors (Lipinski definition) is 1. The third kappa shape index (κ3) is 5.96. The Hall–Kier alpha value is -1.68. The number of carbonyl (C=O) groups is 1. The highest BCUT2D eigenvalue weighted by Gasteiger charge is 2.16. The number of nitrogens with one attached hydrogen (secondary N) is 1. The quantitative estimate of drug-likeness (QED) is 0.679. The first-order chi connectivity index (χ1) is 11.9. The Bertz CT molecular complexity index is 655. The normalized spacial score (nSPS) is 16.0. The van der Waals surface area contributed by atoms with E-state index in [1.54, 1.807) is 0 Å². The van der Waals surface area contributed by atoms with E-state index < -0.39 is 10.0 Å². The predicted octanol–water partition coefficient (Wildman–Crippen LogP) is -0.236. The van der Waals surface area contributed by atoms with Crippen molar-refractivity contribution < 1.29 is 22.7 Å². The van der Waals surface area contributed by atoms with E-state index in [9.17, 15) is 13.2 Å². The highest BCUT2D eigenvalue weighted by atomic mass is 32.2. The van der Waals surface area contributed by atoms with E-state index >= 15 is 0 Å². The molecule has 8 nitrogen and oxygen atoms in total. The van der Waals surface area contributed by atoms with Gasteiger partial charge in [-0.2, -0.15) is 0 Å². The van der Waals surface area contributed by atoms with E-state index in [1.165, 1.54) is 38.4 Å². The van der Waals surface area contributed by atoms with E-state index in [4.69, 9.17) is 9.47 Å². The van der Waals surface area contributed by atoms with Crippen LogP contribution in [0.3, 0.4) is 0 Å². The number of hydrogen-bond acceptors (Lipinski definition) is 6. The number of amides is 1. The van der Waals surface area contributed by atoms with E-state index in [1.807, 2.05) is 0 Å². The average Bonchev–Trinajstić information content (AvgIpc) is 2.61. The van der Waals surface area contributed by atoms with Crippen LogP contribution in [0.2, 0.25) is 0 Å². The summed E-state index contributed by atoms with van der Waals surface area (Å²) in [5.41, 5.74) is 0. The van der Waals surface area contributed by atoms with Crippen molar-refractivity contribution in [2.75, 3.05) is 60.1 Å². The molecule has 1 heterocycles. The molecule has 1 aliphatic heterocycles. The summed E-state index contributed by atoms with van der Waals surface area (Å²) in [5, 5.41) is 2.80. The smallest absolute Gasteiger partial charge is 0.257 e. The summed E-state index contributed by atoms with van der Waals surface area (Å²) >= 11 is 0. The molecule has 1 saturated heterocycles. The Labute approximate surface area is 148 Å². The van der Waals surface area contributed by atoms with Crippen LogP contribution in [0.5, 0.6) is 5.75 Å². The Morgan fingerprint density at radius 3 is 2.48 bits per heavy atom. The van der Waals surface area contributed by atoms with Gasteiger partial charge in [-0.25, -0.2) is 12.7 Å². The molecule has 1 amide bonds. The maximum absolute atomic E-state index is 12.0. The maximum Gasteiger partial charge on any atom is 0.257 e. The van der Waals surface area contributed by atoms with Crippen molar-refractivity contribution in [2.45, 2.75) is 4.90 Å². The van der Waals surface area contributed by atoms with Gasteiger partial charge in [-0.05, 0) is 24.3 Å². The first kappa shape index (κ1) is 19.6. The zero-order valence-corrected chi connectivity index (χ0v) is 15.4. The molecule has 1 aliphatic rings. The summed E-state index contributed by atoms with van der Waals surface area (Å²) < 4.78 is 35.7. The second kappa shape index (κ2) is 9.14. The molecule has 1 fully saturated rings. The van der Waals surface area contributed by atoms with Gasteiger partial charge < -0.3 is 14.8 Å². The molecular formula is C16H25N3O5S. The van der Waals surface area contributed by atoms with Crippen molar-refractivity contribution in [1.82, 2.24) is 14.5 Å². The number of carbonyl (C=O) groups excluding carboxylic acids is 1. The summed E-state index contributed by atoms with van der Waals surface area (Å²) in [7, 11) is -0.516. The van der Waals surface area contributed by atoms with Crippen LogP contribution in [-0.4, -0.2) is 83.6 Å². The second-order valence-electron chi connectivity index (χ2n) is 5.85. The van der Waals surface area contributed by atoms with Gasteiger partial charge in [0.05, 0.1) is 18.1 Å². The highest BCUT2D eigenvalue weighted by Crippen LogP contribution is 2.17. The van der Waals surface area contributed by atoms with Crippen molar-refractivity contribution in [3.8, 4) is 5.75 Å². The molecule has 0 aromatic heterocycles. The van der Waals surface area contributed by atoms with Crippen molar-refractivity contribution in [3.05, 3.63) is 24.3 Å². The van der Waals surface area contributed by atoms with Crippen molar-refractivity contribution >= 4 is 15.9 Å². The topological polar surface area (TPSA) is 88.2 Å². The largest absolute Gasteiger partial charge is 0.484 e. The Kier molecular flexibility index (Phi) is 7.18. The second-order valence-corrected chi connectivity index (χ2v) is 8.00. The van der Waals surface area contributed by atoms with E-state index in [0.29, 0.717) is 12.3 Å².